The standard InChI is InChI=1S/C24H24N2O3S2/c1-26(31(28,29)23-11-6-12-30-23)15-22(27)25-14-16-13-21-17-7-2-4-9-19(17)24(16)20-10-5-3-8-18(20)21/h2-12,16,21,24H,13-15H2,1H3,(H,25,27). The Bertz CT molecular complexity index is 1170. The van der Waals surface area contributed by atoms with Gasteiger partial charge in [-0.15, -0.1) is 11.3 Å². The van der Waals surface area contributed by atoms with Gasteiger partial charge in [0, 0.05) is 25.4 Å². The van der Waals surface area contributed by atoms with Gasteiger partial charge in [0.15, 0.2) is 0 Å². The Morgan fingerprint density at radius 2 is 1.61 bits per heavy atom. The van der Waals surface area contributed by atoms with E-state index in [1.54, 1.807) is 17.5 Å². The average Bonchev–Trinajstić information content (AvgIpc) is 3.34. The van der Waals surface area contributed by atoms with Gasteiger partial charge in [0.1, 0.15) is 4.21 Å². The molecule has 0 fully saturated rings. The second-order valence-electron chi connectivity index (χ2n) is 8.28. The monoisotopic (exact) mass is 452 g/mol. The third kappa shape index (κ3) is 3.50. The van der Waals surface area contributed by atoms with Crippen LogP contribution in [-0.2, 0) is 14.8 Å². The van der Waals surface area contributed by atoms with E-state index in [4.69, 9.17) is 0 Å². The number of hydrogen-bond acceptors (Lipinski definition) is 4. The summed E-state index contributed by atoms with van der Waals surface area (Å²) in [5.41, 5.74) is 5.51. The highest BCUT2D eigenvalue weighted by Gasteiger charge is 2.42. The van der Waals surface area contributed by atoms with Crippen molar-refractivity contribution in [3.63, 3.8) is 0 Å². The van der Waals surface area contributed by atoms with Crippen LogP contribution < -0.4 is 5.32 Å². The SMILES string of the molecule is CN(CC(=O)NCC1CC2c3ccccc3C1c1ccccc12)S(=O)(=O)c1cccs1. The van der Waals surface area contributed by atoms with Crippen molar-refractivity contribution in [1.82, 2.24) is 9.62 Å². The van der Waals surface area contributed by atoms with Crippen molar-refractivity contribution in [2.24, 2.45) is 5.92 Å². The number of sulfonamides is 1. The lowest BCUT2D eigenvalue weighted by Crippen LogP contribution is -2.43. The molecule has 0 spiro atoms. The Hall–Kier alpha value is -2.48. The van der Waals surface area contributed by atoms with Crippen LogP contribution in [0.2, 0.25) is 0 Å². The summed E-state index contributed by atoms with van der Waals surface area (Å²) in [5, 5.41) is 4.72. The fourth-order valence-electron chi connectivity index (χ4n) is 5.11. The number of carbonyl (C=O) groups excluding carboxylic acids is 1. The van der Waals surface area contributed by atoms with Gasteiger partial charge in [0.05, 0.1) is 6.54 Å². The zero-order valence-electron chi connectivity index (χ0n) is 17.2. The number of nitrogens with zero attached hydrogens (tertiary/aromatic N) is 1. The largest absolute Gasteiger partial charge is 0.355 e. The summed E-state index contributed by atoms with van der Waals surface area (Å²) in [6.07, 6.45) is 0.988. The molecular weight excluding hydrogens is 428 g/mol. The lowest BCUT2D eigenvalue weighted by atomic mass is 9.59. The lowest BCUT2D eigenvalue weighted by molar-refractivity contribution is -0.121. The Labute approximate surface area is 186 Å². The van der Waals surface area contributed by atoms with Crippen LogP contribution in [0.25, 0.3) is 0 Å². The summed E-state index contributed by atoms with van der Waals surface area (Å²) in [4.78, 5) is 12.6. The molecule has 31 heavy (non-hydrogen) atoms. The van der Waals surface area contributed by atoms with E-state index in [0.29, 0.717) is 12.5 Å². The molecule has 7 heteroatoms. The number of carbonyl (C=O) groups is 1. The second-order valence-corrected chi connectivity index (χ2v) is 11.5. The highest BCUT2D eigenvalue weighted by Crippen LogP contribution is 2.55. The van der Waals surface area contributed by atoms with E-state index in [1.165, 1.54) is 29.3 Å². The molecule has 160 valence electrons. The predicted molar refractivity (Wildman–Crippen MR) is 122 cm³/mol. The van der Waals surface area contributed by atoms with E-state index in [2.05, 4.69) is 53.8 Å². The predicted octanol–water partition coefficient (Wildman–Crippen LogP) is 3.78. The molecule has 2 bridgehead atoms. The molecule has 3 aliphatic carbocycles. The van der Waals surface area contributed by atoms with Crippen molar-refractivity contribution in [3.05, 3.63) is 88.3 Å². The minimum absolute atomic E-state index is 0.186. The smallest absolute Gasteiger partial charge is 0.252 e. The third-order valence-corrected chi connectivity index (χ3v) is 9.69. The second kappa shape index (κ2) is 7.89. The number of nitrogens with one attached hydrogen (secondary N) is 1. The normalized spacial score (nSPS) is 21.5. The van der Waals surface area contributed by atoms with Gasteiger partial charge in [-0.25, -0.2) is 8.42 Å². The van der Waals surface area contributed by atoms with Gasteiger partial charge in [-0.2, -0.15) is 4.31 Å². The van der Waals surface area contributed by atoms with Crippen molar-refractivity contribution in [1.29, 1.82) is 0 Å². The highest BCUT2D eigenvalue weighted by molar-refractivity contribution is 7.91. The number of likely N-dealkylation sites (N-methyl/N-ethyl adjacent to an activating group) is 1. The summed E-state index contributed by atoms with van der Waals surface area (Å²) in [7, 11) is -2.18. The Balaban J connectivity index is 1.30. The topological polar surface area (TPSA) is 66.5 Å². The highest BCUT2D eigenvalue weighted by atomic mass is 32.2. The quantitative estimate of drug-likeness (QED) is 0.619. The molecule has 3 aliphatic rings. The summed E-state index contributed by atoms with van der Waals surface area (Å²) < 4.78 is 26.5. The van der Waals surface area contributed by atoms with Gasteiger partial charge < -0.3 is 5.32 Å². The van der Waals surface area contributed by atoms with Gasteiger partial charge in [0.25, 0.3) is 10.0 Å². The fourth-order valence-corrected chi connectivity index (χ4v) is 7.44. The Kier molecular flexibility index (Phi) is 5.20. The molecule has 6 rings (SSSR count). The Morgan fingerprint density at radius 1 is 1.00 bits per heavy atom. The van der Waals surface area contributed by atoms with Gasteiger partial charge in [0.2, 0.25) is 5.91 Å². The molecule has 0 saturated heterocycles. The van der Waals surface area contributed by atoms with Crippen LogP contribution in [0.4, 0.5) is 0 Å². The third-order valence-electron chi connectivity index (χ3n) is 6.51. The van der Waals surface area contributed by atoms with Crippen molar-refractivity contribution in [3.8, 4) is 0 Å². The van der Waals surface area contributed by atoms with Crippen molar-refractivity contribution >= 4 is 27.3 Å². The van der Waals surface area contributed by atoms with E-state index in [0.717, 1.165) is 22.1 Å². The van der Waals surface area contributed by atoms with Gasteiger partial charge >= 0.3 is 0 Å². The molecule has 0 aliphatic heterocycles. The number of benzene rings is 2. The molecular formula is C24H24N2O3S2. The number of hydrogen-bond donors (Lipinski definition) is 1. The maximum Gasteiger partial charge on any atom is 0.252 e. The molecule has 1 amide bonds. The number of amides is 1. The van der Waals surface area contributed by atoms with Crippen molar-refractivity contribution in [2.45, 2.75) is 22.5 Å². The van der Waals surface area contributed by atoms with Gasteiger partial charge in [-0.05, 0) is 46.0 Å². The van der Waals surface area contributed by atoms with Crippen LogP contribution >= 0.6 is 11.3 Å². The zero-order valence-corrected chi connectivity index (χ0v) is 18.8. The number of fused-ring (bicyclic) bond motifs is 1. The van der Waals surface area contributed by atoms with Crippen LogP contribution in [0.1, 0.15) is 40.5 Å². The van der Waals surface area contributed by atoms with E-state index < -0.39 is 10.0 Å². The average molecular weight is 453 g/mol. The summed E-state index contributed by atoms with van der Waals surface area (Å²) in [6.45, 7) is 0.351. The minimum atomic E-state index is -3.63. The summed E-state index contributed by atoms with van der Waals surface area (Å²) in [6, 6.07) is 20.5. The fraction of sp³-hybridized carbons (Fsp3) is 0.292. The first-order valence-corrected chi connectivity index (χ1v) is 12.7. The summed E-state index contributed by atoms with van der Waals surface area (Å²) >= 11 is 1.16. The number of rotatable bonds is 6. The molecule has 1 heterocycles. The van der Waals surface area contributed by atoms with E-state index >= 15 is 0 Å². The summed E-state index contributed by atoms with van der Waals surface area (Å²) in [5.74, 6) is 0.620. The molecule has 2 aromatic carbocycles. The maximum absolute atomic E-state index is 12.6. The first kappa shape index (κ1) is 20.4. The van der Waals surface area contributed by atoms with Gasteiger partial charge in [-0.1, -0.05) is 54.6 Å². The van der Waals surface area contributed by atoms with Gasteiger partial charge in [-0.3, -0.25) is 4.79 Å². The van der Waals surface area contributed by atoms with Crippen LogP contribution in [0.15, 0.2) is 70.3 Å². The molecule has 3 aromatic rings. The lowest BCUT2D eigenvalue weighted by Gasteiger charge is -2.45. The van der Waals surface area contributed by atoms with Crippen molar-refractivity contribution in [2.75, 3.05) is 20.1 Å². The molecule has 0 saturated carbocycles. The van der Waals surface area contributed by atoms with E-state index in [-0.39, 0.29) is 28.5 Å². The van der Waals surface area contributed by atoms with Crippen LogP contribution in [0.5, 0.6) is 0 Å². The van der Waals surface area contributed by atoms with Crippen molar-refractivity contribution < 1.29 is 13.2 Å². The molecule has 5 nitrogen and oxygen atoms in total. The Morgan fingerprint density at radius 3 is 2.19 bits per heavy atom. The first-order valence-electron chi connectivity index (χ1n) is 10.4. The maximum atomic E-state index is 12.6. The molecule has 1 N–H and O–H groups in total. The number of thiophene rings is 1. The van der Waals surface area contributed by atoms with Crippen LogP contribution in [0.3, 0.4) is 0 Å². The zero-order chi connectivity index (χ0) is 21.6. The molecule has 1 aromatic heterocycles. The molecule has 1 unspecified atom stereocenters. The minimum Gasteiger partial charge on any atom is -0.355 e. The van der Waals surface area contributed by atoms with E-state index in [1.807, 2.05) is 0 Å². The van der Waals surface area contributed by atoms with Crippen LogP contribution in [0, 0.1) is 5.92 Å². The van der Waals surface area contributed by atoms with E-state index in [9.17, 15) is 13.2 Å². The molecule has 0 radical (unpaired) electrons. The first-order chi connectivity index (χ1) is 15.0. The molecule has 1 atom stereocenters. The van der Waals surface area contributed by atoms with Crippen LogP contribution in [-0.4, -0.2) is 38.8 Å².